The van der Waals surface area contributed by atoms with Crippen LogP contribution >= 0.6 is 35.3 Å². The zero-order valence-electron chi connectivity index (χ0n) is 20.6. The molecule has 2 N–H and O–H groups in total. The van der Waals surface area contributed by atoms with Crippen LogP contribution < -0.4 is 14.9 Å². The second-order valence-corrected chi connectivity index (χ2v) is 11.9. The Hall–Kier alpha value is -2.96. The number of piperazine rings is 1. The molecule has 0 aliphatic carbocycles. The van der Waals surface area contributed by atoms with Crippen molar-refractivity contribution in [1.82, 2.24) is 15.2 Å². The van der Waals surface area contributed by atoms with Gasteiger partial charge in [0.2, 0.25) is 0 Å². The van der Waals surface area contributed by atoms with E-state index in [-0.39, 0.29) is 40.3 Å². The minimum Gasteiger partial charge on any atom is -0.351 e. The number of carbonyl (C=O) groups is 1. The maximum Gasteiger partial charge on any atom is 0.261 e. The number of carbonyl (C=O) groups excluding carboxylic acids is 1. The molecule has 8 nitrogen and oxygen atoms in total. The largest absolute Gasteiger partial charge is 0.351 e. The van der Waals surface area contributed by atoms with Gasteiger partial charge >= 0.3 is 0 Å². The second-order valence-electron chi connectivity index (χ2n) is 8.80. The van der Waals surface area contributed by atoms with Crippen molar-refractivity contribution in [3.8, 4) is 0 Å². The van der Waals surface area contributed by atoms with Crippen molar-refractivity contribution in [2.24, 2.45) is 0 Å². The molecule has 0 unspecified atom stereocenters. The zero-order valence-corrected chi connectivity index (χ0v) is 23.8. The van der Waals surface area contributed by atoms with E-state index < -0.39 is 10.0 Å². The van der Waals surface area contributed by atoms with Crippen LogP contribution in [0.1, 0.15) is 10.4 Å². The Kier molecular flexibility index (Phi) is 9.29. The molecular formula is C26H26Cl2FN5O3S2. The highest BCUT2D eigenvalue weighted by Gasteiger charge is 2.21. The molecule has 2 heterocycles. The molecule has 1 aromatic heterocycles. The fourth-order valence-corrected chi connectivity index (χ4v) is 6.44. The molecule has 1 fully saturated rings. The van der Waals surface area contributed by atoms with E-state index in [1.165, 1.54) is 47.7 Å². The Labute approximate surface area is 241 Å². The van der Waals surface area contributed by atoms with Crippen molar-refractivity contribution in [1.29, 1.82) is 0 Å². The van der Waals surface area contributed by atoms with Crippen molar-refractivity contribution < 1.29 is 17.6 Å². The van der Waals surface area contributed by atoms with Gasteiger partial charge < -0.3 is 10.2 Å². The van der Waals surface area contributed by atoms with Crippen molar-refractivity contribution in [2.75, 3.05) is 48.9 Å². The Morgan fingerprint density at radius 1 is 1.03 bits per heavy atom. The van der Waals surface area contributed by atoms with Gasteiger partial charge in [-0.15, -0.1) is 12.4 Å². The van der Waals surface area contributed by atoms with Crippen LogP contribution in [0.4, 0.5) is 15.2 Å². The van der Waals surface area contributed by atoms with E-state index in [2.05, 4.69) is 24.8 Å². The highest BCUT2D eigenvalue weighted by atomic mass is 35.5. The smallest absolute Gasteiger partial charge is 0.261 e. The number of anilines is 2. The van der Waals surface area contributed by atoms with Crippen molar-refractivity contribution in [2.45, 2.75) is 4.90 Å². The molecule has 4 aromatic rings. The number of amides is 1. The van der Waals surface area contributed by atoms with Crippen LogP contribution in [0.25, 0.3) is 10.2 Å². The number of hydrogen-bond donors (Lipinski definition) is 2. The SMILES string of the molecule is Cl.O=C(NCCN1CCN(c2nc3ccc(F)cc3s2)CC1)c1ccccc1NS(=O)(=O)c1ccc(Cl)cc1. The minimum atomic E-state index is -3.89. The first kappa shape index (κ1) is 29.0. The Morgan fingerprint density at radius 3 is 2.49 bits per heavy atom. The highest BCUT2D eigenvalue weighted by molar-refractivity contribution is 7.92. The van der Waals surface area contributed by atoms with Gasteiger partial charge in [-0.3, -0.25) is 14.4 Å². The van der Waals surface area contributed by atoms with E-state index in [0.29, 0.717) is 18.1 Å². The highest BCUT2D eigenvalue weighted by Crippen LogP contribution is 2.30. The molecule has 39 heavy (non-hydrogen) atoms. The number of benzene rings is 3. The van der Waals surface area contributed by atoms with E-state index in [1.807, 2.05) is 0 Å². The van der Waals surface area contributed by atoms with E-state index in [0.717, 1.165) is 41.5 Å². The standard InChI is InChI=1S/C26H25ClFN5O3S2.ClH/c27-18-5-8-20(9-6-18)38(35,36)31-22-4-2-1-3-21(22)25(34)29-11-12-32-13-15-33(16-14-32)26-30-23-10-7-19(28)17-24(23)37-26;/h1-10,17,31H,11-16H2,(H,29,34);1H. The lowest BCUT2D eigenvalue weighted by molar-refractivity contribution is 0.0948. The molecule has 5 rings (SSSR count). The number of halogens is 3. The molecule has 0 bridgehead atoms. The van der Waals surface area contributed by atoms with E-state index in [1.54, 1.807) is 30.3 Å². The third-order valence-corrected chi connectivity index (χ3v) is 8.95. The number of aromatic nitrogens is 1. The lowest BCUT2D eigenvalue weighted by atomic mass is 10.1. The molecule has 1 aliphatic heterocycles. The number of fused-ring (bicyclic) bond motifs is 1. The molecule has 0 atom stereocenters. The molecule has 13 heteroatoms. The van der Waals surface area contributed by atoms with Crippen molar-refractivity contribution in [3.05, 3.63) is 83.1 Å². The molecule has 1 aliphatic rings. The summed E-state index contributed by atoms with van der Waals surface area (Å²) in [4.78, 5) is 22.0. The average Bonchev–Trinajstić information content (AvgIpc) is 3.32. The summed E-state index contributed by atoms with van der Waals surface area (Å²) in [5.74, 6) is -0.624. The third kappa shape index (κ3) is 6.98. The normalized spacial score (nSPS) is 14.2. The first-order valence-electron chi connectivity index (χ1n) is 12.0. The fourth-order valence-electron chi connectivity index (χ4n) is 4.19. The summed E-state index contributed by atoms with van der Waals surface area (Å²) in [6.07, 6.45) is 0. The van der Waals surface area contributed by atoms with Crippen LogP contribution in [0.15, 0.2) is 71.6 Å². The molecule has 1 saturated heterocycles. The molecular weight excluding hydrogens is 584 g/mol. The Bertz CT molecular complexity index is 1560. The molecule has 1 amide bonds. The summed E-state index contributed by atoms with van der Waals surface area (Å²) >= 11 is 7.35. The summed E-state index contributed by atoms with van der Waals surface area (Å²) in [5.41, 5.74) is 1.23. The van der Waals surface area contributed by atoms with Crippen LogP contribution in [-0.2, 0) is 10.0 Å². The predicted molar refractivity (Wildman–Crippen MR) is 157 cm³/mol. The minimum absolute atomic E-state index is 0. The molecule has 0 radical (unpaired) electrons. The van der Waals surface area contributed by atoms with Gasteiger partial charge in [0.1, 0.15) is 5.82 Å². The van der Waals surface area contributed by atoms with Crippen molar-refractivity contribution >= 4 is 72.3 Å². The van der Waals surface area contributed by atoms with Gasteiger partial charge in [-0.2, -0.15) is 0 Å². The quantitative estimate of drug-likeness (QED) is 0.296. The van der Waals surface area contributed by atoms with Gasteiger partial charge in [-0.1, -0.05) is 35.1 Å². The van der Waals surface area contributed by atoms with Gasteiger partial charge in [-0.25, -0.2) is 17.8 Å². The van der Waals surface area contributed by atoms with E-state index in [9.17, 15) is 17.6 Å². The Morgan fingerprint density at radius 2 is 1.74 bits per heavy atom. The summed E-state index contributed by atoms with van der Waals surface area (Å²) in [5, 5.41) is 4.21. The van der Waals surface area contributed by atoms with Gasteiger partial charge in [-0.05, 0) is 54.6 Å². The van der Waals surface area contributed by atoms with Crippen LogP contribution in [0.2, 0.25) is 5.02 Å². The number of sulfonamides is 1. The monoisotopic (exact) mass is 609 g/mol. The molecule has 206 valence electrons. The maximum absolute atomic E-state index is 13.5. The van der Waals surface area contributed by atoms with E-state index >= 15 is 0 Å². The van der Waals surface area contributed by atoms with Crippen LogP contribution in [0, 0.1) is 5.82 Å². The number of nitrogens with zero attached hydrogens (tertiary/aromatic N) is 3. The third-order valence-electron chi connectivity index (χ3n) is 6.24. The average molecular weight is 611 g/mol. The summed E-state index contributed by atoms with van der Waals surface area (Å²) in [7, 11) is -3.89. The first-order chi connectivity index (χ1) is 18.3. The van der Waals surface area contributed by atoms with Crippen LogP contribution in [0.5, 0.6) is 0 Å². The predicted octanol–water partition coefficient (Wildman–Crippen LogP) is 4.86. The fraction of sp³-hybridized carbons (Fsp3) is 0.231. The van der Waals surface area contributed by atoms with Gasteiger partial charge in [0.15, 0.2) is 5.13 Å². The summed E-state index contributed by atoms with van der Waals surface area (Å²) < 4.78 is 42.4. The number of para-hydroxylation sites is 1. The topological polar surface area (TPSA) is 94.6 Å². The number of nitrogens with one attached hydrogen (secondary N) is 2. The van der Waals surface area contributed by atoms with Gasteiger partial charge in [0, 0.05) is 44.3 Å². The maximum atomic E-state index is 13.5. The van der Waals surface area contributed by atoms with Crippen LogP contribution in [0.3, 0.4) is 0 Å². The second kappa shape index (κ2) is 12.5. The first-order valence-corrected chi connectivity index (χ1v) is 14.7. The lowest BCUT2D eigenvalue weighted by Crippen LogP contribution is -2.48. The van der Waals surface area contributed by atoms with Crippen molar-refractivity contribution in [3.63, 3.8) is 0 Å². The van der Waals surface area contributed by atoms with Crippen LogP contribution in [-0.4, -0.2) is 63.5 Å². The van der Waals surface area contributed by atoms with Gasteiger partial charge in [0.25, 0.3) is 15.9 Å². The van der Waals surface area contributed by atoms with E-state index in [4.69, 9.17) is 11.6 Å². The zero-order chi connectivity index (χ0) is 26.7. The summed E-state index contributed by atoms with van der Waals surface area (Å²) in [6, 6.07) is 16.9. The molecule has 3 aromatic carbocycles. The number of hydrogen-bond acceptors (Lipinski definition) is 7. The molecule has 0 saturated carbocycles. The Balaban J connectivity index is 0.00000353. The summed E-state index contributed by atoms with van der Waals surface area (Å²) in [6.45, 7) is 4.24. The van der Waals surface area contributed by atoms with Gasteiger partial charge in [0.05, 0.1) is 26.4 Å². The lowest BCUT2D eigenvalue weighted by Gasteiger charge is -2.34. The number of thiazole rings is 1. The molecule has 0 spiro atoms. The number of rotatable bonds is 8.